The van der Waals surface area contributed by atoms with Crippen molar-refractivity contribution in [2.45, 2.75) is 30.2 Å². The van der Waals surface area contributed by atoms with Crippen LogP contribution in [0.25, 0.3) is 0 Å². The molecule has 0 bridgehead atoms. The summed E-state index contributed by atoms with van der Waals surface area (Å²) >= 11 is 0. The number of hydrogen-bond acceptors (Lipinski definition) is 6. The van der Waals surface area contributed by atoms with E-state index in [0.717, 1.165) is 23.2 Å². The van der Waals surface area contributed by atoms with Crippen LogP contribution in [0.4, 0.5) is 11.4 Å². The minimum atomic E-state index is -3.99. The van der Waals surface area contributed by atoms with Crippen molar-refractivity contribution in [1.29, 1.82) is 0 Å². The molecule has 0 spiro atoms. The zero-order chi connectivity index (χ0) is 27.7. The molecule has 1 heterocycles. The summed E-state index contributed by atoms with van der Waals surface area (Å²) in [6.45, 7) is 1.89. The highest BCUT2D eigenvalue weighted by atomic mass is 32.2. The molecular weight excluding hydrogens is 520 g/mol. The Balaban J connectivity index is 1.17. The molecule has 0 amide bonds. The van der Waals surface area contributed by atoms with Gasteiger partial charge in [0, 0.05) is 17.8 Å². The van der Waals surface area contributed by atoms with Gasteiger partial charge in [-0.05, 0) is 84.5 Å². The Morgan fingerprint density at radius 3 is 2.48 bits per heavy atom. The molecule has 3 atom stereocenters. The molecule has 40 heavy (non-hydrogen) atoms. The zero-order valence-corrected chi connectivity index (χ0v) is 23.1. The molecular formula is C33H30N2O4S. The van der Waals surface area contributed by atoms with E-state index in [-0.39, 0.29) is 16.7 Å². The number of methoxy groups -OCH3 is 1. The standard InChI is InChI=1S/C33H30N2O4S/c1-22-10-17-26(18-11-22)40(36,37)39-31-19-12-23(20-32(31)38-2)21-34-25-15-13-24(14-16-25)33-29-8-5-7-27(29)28-6-3-4-9-30(28)35-33/h3-7,9-21,27,29,33,35H,8H2,1-2H3/t27-,29+,33+/m1/s1. The van der Waals surface area contributed by atoms with Gasteiger partial charge >= 0.3 is 10.1 Å². The smallest absolute Gasteiger partial charge is 0.339 e. The monoisotopic (exact) mass is 550 g/mol. The molecule has 0 saturated heterocycles. The van der Waals surface area contributed by atoms with Gasteiger partial charge in [-0.25, -0.2) is 0 Å². The van der Waals surface area contributed by atoms with E-state index in [1.54, 1.807) is 36.5 Å². The summed E-state index contributed by atoms with van der Waals surface area (Å²) in [5.74, 6) is 1.35. The van der Waals surface area contributed by atoms with Crippen LogP contribution >= 0.6 is 0 Å². The molecule has 202 valence electrons. The van der Waals surface area contributed by atoms with Crippen molar-refractivity contribution in [3.8, 4) is 11.5 Å². The molecule has 0 saturated carbocycles. The van der Waals surface area contributed by atoms with Crippen LogP contribution < -0.4 is 14.2 Å². The number of benzene rings is 4. The van der Waals surface area contributed by atoms with Gasteiger partial charge < -0.3 is 14.2 Å². The number of nitrogens with zero attached hydrogens (tertiary/aromatic N) is 1. The van der Waals surface area contributed by atoms with Gasteiger partial charge in [-0.2, -0.15) is 8.42 Å². The van der Waals surface area contributed by atoms with Crippen molar-refractivity contribution in [3.05, 3.63) is 125 Å². The number of aliphatic imine (C=N–C) groups is 1. The van der Waals surface area contributed by atoms with Crippen molar-refractivity contribution >= 4 is 27.7 Å². The SMILES string of the molecule is COc1cc(C=Nc2ccc([C@@H]3Nc4ccccc4[C@H]4C=CC[C@@H]43)cc2)ccc1OS(=O)(=O)c1ccc(C)cc1. The van der Waals surface area contributed by atoms with Crippen LogP contribution in [0, 0.1) is 12.8 Å². The Kier molecular flexibility index (Phi) is 6.90. The molecule has 0 unspecified atom stereocenters. The molecule has 0 radical (unpaired) electrons. The quantitative estimate of drug-likeness (QED) is 0.148. The summed E-state index contributed by atoms with van der Waals surface area (Å²) in [6, 6.07) is 28.7. The Bertz CT molecular complexity index is 1690. The molecule has 4 aromatic carbocycles. The van der Waals surface area contributed by atoms with E-state index in [0.29, 0.717) is 17.6 Å². The summed E-state index contributed by atoms with van der Waals surface area (Å²) in [5.41, 5.74) is 6.36. The van der Waals surface area contributed by atoms with Gasteiger partial charge in [0.25, 0.3) is 0 Å². The minimum Gasteiger partial charge on any atom is -0.493 e. The van der Waals surface area contributed by atoms with Crippen LogP contribution in [-0.2, 0) is 10.1 Å². The molecule has 1 aliphatic carbocycles. The van der Waals surface area contributed by atoms with Crippen LogP contribution in [0.3, 0.4) is 0 Å². The van der Waals surface area contributed by atoms with E-state index in [1.807, 2.05) is 19.1 Å². The predicted octanol–water partition coefficient (Wildman–Crippen LogP) is 7.35. The van der Waals surface area contributed by atoms with Crippen LogP contribution in [0.15, 0.2) is 113 Å². The van der Waals surface area contributed by atoms with E-state index >= 15 is 0 Å². The van der Waals surface area contributed by atoms with Gasteiger partial charge in [0.15, 0.2) is 11.5 Å². The van der Waals surface area contributed by atoms with Gasteiger partial charge in [0.05, 0.1) is 18.8 Å². The highest BCUT2D eigenvalue weighted by Crippen LogP contribution is 2.49. The van der Waals surface area contributed by atoms with E-state index in [9.17, 15) is 8.42 Å². The largest absolute Gasteiger partial charge is 0.493 e. The highest BCUT2D eigenvalue weighted by molar-refractivity contribution is 7.87. The zero-order valence-electron chi connectivity index (χ0n) is 22.3. The number of hydrogen-bond donors (Lipinski definition) is 1. The van der Waals surface area contributed by atoms with Crippen molar-refractivity contribution in [3.63, 3.8) is 0 Å². The number of allylic oxidation sites excluding steroid dienone is 2. The molecule has 4 aromatic rings. The fourth-order valence-corrected chi connectivity index (χ4v) is 6.43. The third-order valence-corrected chi connectivity index (χ3v) is 8.83. The fourth-order valence-electron chi connectivity index (χ4n) is 5.49. The number of aryl methyl sites for hydroxylation is 1. The lowest BCUT2D eigenvalue weighted by Gasteiger charge is -2.37. The highest BCUT2D eigenvalue weighted by Gasteiger charge is 2.37. The van der Waals surface area contributed by atoms with Gasteiger partial charge in [-0.3, -0.25) is 4.99 Å². The van der Waals surface area contributed by atoms with Gasteiger partial charge in [-0.15, -0.1) is 0 Å². The maximum Gasteiger partial charge on any atom is 0.339 e. The van der Waals surface area contributed by atoms with E-state index in [4.69, 9.17) is 8.92 Å². The van der Waals surface area contributed by atoms with E-state index in [2.05, 4.69) is 58.9 Å². The first-order chi connectivity index (χ1) is 19.4. The number of fused-ring (bicyclic) bond motifs is 3. The van der Waals surface area contributed by atoms with Gasteiger partial charge in [0.1, 0.15) is 4.90 Å². The summed E-state index contributed by atoms with van der Waals surface area (Å²) in [7, 11) is -2.51. The number of anilines is 1. The second kappa shape index (κ2) is 10.7. The average molecular weight is 551 g/mol. The van der Waals surface area contributed by atoms with E-state index < -0.39 is 10.1 Å². The molecule has 1 aliphatic heterocycles. The predicted molar refractivity (Wildman–Crippen MR) is 158 cm³/mol. The maximum absolute atomic E-state index is 12.7. The minimum absolute atomic E-state index is 0.0848. The molecule has 6 nitrogen and oxygen atoms in total. The lowest BCUT2D eigenvalue weighted by Crippen LogP contribution is -2.28. The second-order valence-corrected chi connectivity index (χ2v) is 11.7. The first-order valence-corrected chi connectivity index (χ1v) is 14.7. The molecule has 2 aliphatic rings. The Morgan fingerprint density at radius 2 is 1.70 bits per heavy atom. The maximum atomic E-state index is 12.7. The second-order valence-electron chi connectivity index (χ2n) is 10.2. The summed E-state index contributed by atoms with van der Waals surface area (Å²) < 4.78 is 36.3. The first kappa shape index (κ1) is 25.9. The Labute approximate surface area is 235 Å². The molecule has 0 fully saturated rings. The summed E-state index contributed by atoms with van der Waals surface area (Å²) in [6.07, 6.45) is 7.43. The van der Waals surface area contributed by atoms with Gasteiger partial charge in [-0.1, -0.05) is 60.2 Å². The first-order valence-electron chi connectivity index (χ1n) is 13.3. The Morgan fingerprint density at radius 1 is 0.925 bits per heavy atom. The topological polar surface area (TPSA) is 77.0 Å². The van der Waals surface area contributed by atoms with Crippen LogP contribution in [0.5, 0.6) is 11.5 Å². The normalized spacial score (nSPS) is 19.6. The van der Waals surface area contributed by atoms with Crippen LogP contribution in [-0.4, -0.2) is 21.7 Å². The summed E-state index contributed by atoms with van der Waals surface area (Å²) in [4.78, 5) is 4.71. The van der Waals surface area contributed by atoms with E-state index in [1.165, 1.54) is 36.1 Å². The fraction of sp³-hybridized carbons (Fsp3) is 0.182. The number of para-hydroxylation sites is 1. The van der Waals surface area contributed by atoms with Gasteiger partial charge in [0.2, 0.25) is 0 Å². The third-order valence-electron chi connectivity index (χ3n) is 7.58. The number of ether oxygens (including phenoxy) is 1. The molecule has 1 N–H and O–H groups in total. The Hall–Kier alpha value is -4.36. The average Bonchev–Trinajstić information content (AvgIpc) is 3.47. The third kappa shape index (κ3) is 5.12. The number of rotatable bonds is 7. The van der Waals surface area contributed by atoms with Crippen molar-refractivity contribution in [1.82, 2.24) is 0 Å². The molecule has 0 aromatic heterocycles. The van der Waals surface area contributed by atoms with Crippen LogP contribution in [0.2, 0.25) is 0 Å². The van der Waals surface area contributed by atoms with Crippen molar-refractivity contribution < 1.29 is 17.3 Å². The number of nitrogens with one attached hydrogen (secondary N) is 1. The van der Waals surface area contributed by atoms with Crippen molar-refractivity contribution in [2.24, 2.45) is 10.9 Å². The summed E-state index contributed by atoms with van der Waals surface area (Å²) in [5, 5.41) is 3.76. The lowest BCUT2D eigenvalue weighted by atomic mass is 9.77. The molecule has 7 heteroatoms. The molecule has 6 rings (SSSR count). The van der Waals surface area contributed by atoms with Crippen LogP contribution in [0.1, 0.15) is 40.6 Å². The van der Waals surface area contributed by atoms with Crippen molar-refractivity contribution in [2.75, 3.05) is 12.4 Å². The lowest BCUT2D eigenvalue weighted by molar-refractivity contribution is 0.390.